The van der Waals surface area contributed by atoms with Gasteiger partial charge in [0.05, 0.1) is 30.7 Å². The SMILES string of the molecule is C=C(F)C(=O)N1CC(O/C(=N/C=C\C)C(=C)Nc2ccc(C(C)(F)F)nc2)C1. The smallest absolute Gasteiger partial charge is 0.286 e. The molecule has 1 amide bonds. The van der Waals surface area contributed by atoms with E-state index in [1.165, 1.54) is 29.4 Å². The molecule has 150 valence electrons. The Balaban J connectivity index is 2.00. The second-order valence-electron chi connectivity index (χ2n) is 6.20. The summed E-state index contributed by atoms with van der Waals surface area (Å²) in [6.07, 6.45) is 4.04. The van der Waals surface area contributed by atoms with Crippen LogP contribution in [0.2, 0.25) is 0 Å². The number of carbonyl (C=O) groups excluding carboxylic acids is 1. The second kappa shape index (κ2) is 8.73. The average Bonchev–Trinajstić information content (AvgIpc) is 2.59. The van der Waals surface area contributed by atoms with Gasteiger partial charge in [0.2, 0.25) is 5.90 Å². The molecule has 1 saturated heterocycles. The maximum absolute atomic E-state index is 13.2. The Labute approximate surface area is 161 Å². The summed E-state index contributed by atoms with van der Waals surface area (Å²) in [5.41, 5.74) is 0.348. The zero-order valence-corrected chi connectivity index (χ0v) is 15.6. The van der Waals surface area contributed by atoms with E-state index in [-0.39, 0.29) is 36.5 Å². The van der Waals surface area contributed by atoms with Gasteiger partial charge in [-0.05, 0) is 19.1 Å². The summed E-state index contributed by atoms with van der Waals surface area (Å²) in [5.74, 6) is -4.68. The third-order valence-electron chi connectivity index (χ3n) is 3.75. The first-order valence-electron chi connectivity index (χ1n) is 8.41. The van der Waals surface area contributed by atoms with Gasteiger partial charge < -0.3 is 15.0 Å². The van der Waals surface area contributed by atoms with Gasteiger partial charge in [-0.3, -0.25) is 9.78 Å². The van der Waals surface area contributed by atoms with Crippen molar-refractivity contribution in [2.45, 2.75) is 25.9 Å². The van der Waals surface area contributed by atoms with Crippen LogP contribution in [-0.4, -0.2) is 40.9 Å². The summed E-state index contributed by atoms with van der Waals surface area (Å²) in [5, 5.41) is 2.89. The molecule has 1 fully saturated rings. The Morgan fingerprint density at radius 3 is 2.61 bits per heavy atom. The largest absolute Gasteiger partial charge is 0.469 e. The number of hydrogen-bond acceptors (Lipinski definition) is 5. The molecular formula is C19H21F3N4O2. The number of allylic oxidation sites excluding steroid dienone is 1. The first kappa shape index (κ1) is 21.2. The molecule has 6 nitrogen and oxygen atoms in total. The van der Waals surface area contributed by atoms with Crippen molar-refractivity contribution in [2.24, 2.45) is 4.99 Å². The molecule has 0 unspecified atom stereocenters. The van der Waals surface area contributed by atoms with E-state index >= 15 is 0 Å². The van der Waals surface area contributed by atoms with Crippen molar-refractivity contribution in [1.29, 1.82) is 0 Å². The molecule has 0 aliphatic carbocycles. The minimum Gasteiger partial charge on any atom is -0.469 e. The van der Waals surface area contributed by atoms with Gasteiger partial charge in [-0.15, -0.1) is 0 Å². The number of likely N-dealkylation sites (tertiary alicyclic amines) is 1. The minimum absolute atomic E-state index is 0.152. The topological polar surface area (TPSA) is 66.8 Å². The van der Waals surface area contributed by atoms with E-state index in [1.54, 1.807) is 13.0 Å². The first-order chi connectivity index (χ1) is 13.1. The number of halogens is 3. The van der Waals surface area contributed by atoms with Crippen LogP contribution in [-0.2, 0) is 15.5 Å². The third-order valence-corrected chi connectivity index (χ3v) is 3.75. The van der Waals surface area contributed by atoms with Gasteiger partial charge in [-0.25, -0.2) is 9.38 Å². The van der Waals surface area contributed by atoms with Gasteiger partial charge in [0.15, 0.2) is 5.83 Å². The number of aliphatic imine (C=N–C) groups is 1. The van der Waals surface area contributed by atoms with E-state index in [9.17, 15) is 18.0 Å². The molecule has 0 radical (unpaired) electrons. The van der Waals surface area contributed by atoms with Gasteiger partial charge in [0, 0.05) is 13.1 Å². The van der Waals surface area contributed by atoms with Crippen molar-refractivity contribution in [1.82, 2.24) is 9.88 Å². The lowest BCUT2D eigenvalue weighted by atomic mass is 10.1. The van der Waals surface area contributed by atoms with E-state index in [0.29, 0.717) is 5.69 Å². The highest BCUT2D eigenvalue weighted by atomic mass is 19.3. The molecular weight excluding hydrogens is 373 g/mol. The predicted octanol–water partition coefficient (Wildman–Crippen LogP) is 3.76. The van der Waals surface area contributed by atoms with E-state index in [2.05, 4.69) is 28.5 Å². The van der Waals surface area contributed by atoms with Crippen LogP contribution in [0.3, 0.4) is 0 Å². The number of anilines is 1. The highest BCUT2D eigenvalue weighted by Crippen LogP contribution is 2.26. The van der Waals surface area contributed by atoms with Crippen LogP contribution in [0.1, 0.15) is 19.5 Å². The average molecular weight is 394 g/mol. The van der Waals surface area contributed by atoms with Crippen LogP contribution in [0.4, 0.5) is 18.9 Å². The molecule has 1 aliphatic rings. The monoisotopic (exact) mass is 394 g/mol. The fourth-order valence-electron chi connectivity index (χ4n) is 2.28. The molecule has 1 aliphatic heterocycles. The lowest BCUT2D eigenvalue weighted by Gasteiger charge is -2.38. The Morgan fingerprint density at radius 1 is 1.43 bits per heavy atom. The quantitative estimate of drug-likeness (QED) is 0.434. The molecule has 1 aromatic heterocycles. The van der Waals surface area contributed by atoms with Crippen molar-refractivity contribution in [3.05, 3.63) is 61.0 Å². The lowest BCUT2D eigenvalue weighted by molar-refractivity contribution is -0.137. The maximum atomic E-state index is 13.2. The second-order valence-corrected chi connectivity index (χ2v) is 6.20. The fraction of sp³-hybridized carbons (Fsp3) is 0.316. The highest BCUT2D eigenvalue weighted by molar-refractivity contribution is 5.96. The van der Waals surface area contributed by atoms with Crippen molar-refractivity contribution in [3.8, 4) is 0 Å². The number of aromatic nitrogens is 1. The molecule has 0 spiro atoms. The Bertz CT molecular complexity index is 807. The molecule has 1 N–H and O–H groups in total. The van der Waals surface area contributed by atoms with Gasteiger partial charge >= 0.3 is 0 Å². The number of hydrogen-bond donors (Lipinski definition) is 1. The van der Waals surface area contributed by atoms with Crippen LogP contribution >= 0.6 is 0 Å². The number of nitrogens with zero attached hydrogens (tertiary/aromatic N) is 3. The molecule has 9 heteroatoms. The van der Waals surface area contributed by atoms with Crippen molar-refractivity contribution >= 4 is 17.5 Å². The summed E-state index contributed by atoms with van der Waals surface area (Å²) in [6.45, 7) is 9.71. The zero-order chi connectivity index (χ0) is 20.9. The summed E-state index contributed by atoms with van der Waals surface area (Å²) in [4.78, 5) is 20.6. The van der Waals surface area contributed by atoms with Crippen molar-refractivity contribution < 1.29 is 22.7 Å². The summed E-state index contributed by atoms with van der Waals surface area (Å²) < 4.78 is 45.0. The minimum atomic E-state index is -3.03. The Morgan fingerprint density at radius 2 is 2.11 bits per heavy atom. The normalized spacial score (nSPS) is 15.3. The summed E-state index contributed by atoms with van der Waals surface area (Å²) in [6, 6.07) is 2.65. The van der Waals surface area contributed by atoms with Crippen LogP contribution in [0.5, 0.6) is 0 Å². The van der Waals surface area contributed by atoms with E-state index < -0.39 is 17.7 Å². The Kier molecular flexibility index (Phi) is 6.61. The maximum Gasteiger partial charge on any atom is 0.286 e. The van der Waals surface area contributed by atoms with Gasteiger partial charge in [0.25, 0.3) is 11.8 Å². The molecule has 28 heavy (non-hydrogen) atoms. The number of rotatable bonds is 7. The van der Waals surface area contributed by atoms with Gasteiger partial charge in [-0.1, -0.05) is 19.2 Å². The molecule has 0 saturated carbocycles. The lowest BCUT2D eigenvalue weighted by Crippen LogP contribution is -2.55. The molecule has 0 aromatic carbocycles. The number of nitrogens with one attached hydrogen (secondary N) is 1. The van der Waals surface area contributed by atoms with Crippen LogP contribution in [0.25, 0.3) is 0 Å². The van der Waals surface area contributed by atoms with Crippen LogP contribution in [0.15, 0.2) is 60.3 Å². The van der Waals surface area contributed by atoms with Crippen molar-refractivity contribution in [2.75, 3.05) is 18.4 Å². The van der Waals surface area contributed by atoms with E-state index in [1.807, 2.05) is 0 Å². The van der Waals surface area contributed by atoms with Gasteiger partial charge in [0.1, 0.15) is 11.8 Å². The number of ether oxygens (including phenoxy) is 1. The summed E-state index contributed by atoms with van der Waals surface area (Å²) in [7, 11) is 0. The summed E-state index contributed by atoms with van der Waals surface area (Å²) >= 11 is 0. The molecule has 1 aromatic rings. The molecule has 0 bridgehead atoms. The number of pyridine rings is 1. The molecule has 0 atom stereocenters. The molecule has 2 heterocycles. The van der Waals surface area contributed by atoms with Gasteiger partial charge in [-0.2, -0.15) is 8.78 Å². The van der Waals surface area contributed by atoms with Crippen LogP contribution in [0, 0.1) is 0 Å². The van der Waals surface area contributed by atoms with E-state index in [0.717, 1.165) is 6.92 Å². The number of carbonyl (C=O) groups is 1. The van der Waals surface area contributed by atoms with Crippen molar-refractivity contribution in [3.63, 3.8) is 0 Å². The van der Waals surface area contributed by atoms with E-state index in [4.69, 9.17) is 4.74 Å². The third kappa shape index (κ3) is 5.45. The first-order valence-corrected chi connectivity index (χ1v) is 8.41. The zero-order valence-electron chi connectivity index (χ0n) is 15.6. The molecule has 2 rings (SSSR count). The Hall–Kier alpha value is -3.10. The highest BCUT2D eigenvalue weighted by Gasteiger charge is 2.34. The number of amides is 1. The predicted molar refractivity (Wildman–Crippen MR) is 101 cm³/mol. The standard InChI is InChI=1S/C19H21F3N4O2/c1-5-8-23-17(28-15-10-26(11-15)18(27)12(2)20)13(3)25-14-6-7-16(24-9-14)19(4,21)22/h5-9,15,25H,2-3,10-11H2,1,4H3/b8-5-,23-17+. The fourth-order valence-corrected chi connectivity index (χ4v) is 2.28. The van der Waals surface area contributed by atoms with Crippen LogP contribution < -0.4 is 5.32 Å². The number of alkyl halides is 2.